The second-order valence-electron chi connectivity index (χ2n) is 18.6. The molecule has 1 atom stereocenters. The number of hydrogen-bond donors (Lipinski definition) is 2. The van der Waals surface area contributed by atoms with Crippen LogP contribution in [0.2, 0.25) is 0 Å². The number of fused-ring (bicyclic) bond motifs is 1. The predicted octanol–water partition coefficient (Wildman–Crippen LogP) is 7.99. The lowest BCUT2D eigenvalue weighted by molar-refractivity contribution is -0.384. The van der Waals surface area contributed by atoms with E-state index < -0.39 is 69.7 Å². The summed E-state index contributed by atoms with van der Waals surface area (Å²) in [6.45, 7) is 15.0. The van der Waals surface area contributed by atoms with Crippen LogP contribution in [0.5, 0.6) is 0 Å². The Labute approximate surface area is 382 Å². The van der Waals surface area contributed by atoms with Crippen molar-refractivity contribution in [2.75, 3.05) is 6.54 Å². The molecule has 0 bridgehead atoms. The first-order valence-corrected chi connectivity index (χ1v) is 21.2. The Bertz CT molecular complexity index is 2430. The molecule has 1 aromatic heterocycles. The highest BCUT2D eigenvalue weighted by molar-refractivity contribution is 6.18. The number of aromatic amines is 1. The summed E-state index contributed by atoms with van der Waals surface area (Å²) < 4.78 is 21.9. The van der Waals surface area contributed by atoms with Gasteiger partial charge in [0.15, 0.2) is 5.84 Å². The number of amidine groups is 1. The Balaban J connectivity index is 1.40. The van der Waals surface area contributed by atoms with Gasteiger partial charge in [-0.3, -0.25) is 24.5 Å². The zero-order valence-electron chi connectivity index (χ0n) is 38.6. The van der Waals surface area contributed by atoms with Crippen molar-refractivity contribution >= 4 is 47.6 Å². The standard InChI is InChI=1S/C48H56N6O12/c1-46(2,3)64-43(58)51-40(53(44(59)65-47(4,5)6)45(60)66-48(7,8)9)32-17-19-33(20-18-32)41(56)50-38(25-30-15-21-36(22-16-30)54(61)62)42(57)52-24-23-37-34(28-52)26-35(49-37)27-39(55)63-29-31-13-11-10-12-14-31/h10-22,26,38,49H,23-25,27-29H2,1-9H3,(H,50,56)/t38-/m0/s1. The van der Waals surface area contributed by atoms with Crippen LogP contribution < -0.4 is 5.32 Å². The minimum absolute atomic E-state index is 0.000214. The third kappa shape index (κ3) is 14.6. The van der Waals surface area contributed by atoms with Gasteiger partial charge >= 0.3 is 24.2 Å². The van der Waals surface area contributed by atoms with Crippen molar-refractivity contribution in [2.24, 2.45) is 4.99 Å². The number of amides is 5. The number of H-pyrrole nitrogens is 1. The molecule has 0 radical (unpaired) electrons. The fourth-order valence-corrected chi connectivity index (χ4v) is 6.63. The van der Waals surface area contributed by atoms with Gasteiger partial charge in [0, 0.05) is 60.6 Å². The van der Waals surface area contributed by atoms with E-state index in [-0.39, 0.29) is 49.4 Å². The number of nitrogens with zero attached hydrogens (tertiary/aromatic N) is 4. The maximum absolute atomic E-state index is 14.4. The highest BCUT2D eigenvalue weighted by atomic mass is 16.6. The van der Waals surface area contributed by atoms with Gasteiger partial charge in [0.2, 0.25) is 5.91 Å². The smallest absolute Gasteiger partial charge is 0.436 e. The van der Waals surface area contributed by atoms with Gasteiger partial charge < -0.3 is 34.1 Å². The van der Waals surface area contributed by atoms with Crippen molar-refractivity contribution in [3.63, 3.8) is 0 Å². The SMILES string of the molecule is CC(C)(C)OC(=O)N=C(c1ccc(C(=O)N[C@@H](Cc2ccc([N+](=O)[O-])cc2)C(=O)N2CCc3[nH]c(CC(=O)OCc4ccccc4)cc3C2)cc1)N(C(=O)OC(C)(C)C)C(=O)OC(C)(C)C. The predicted molar refractivity (Wildman–Crippen MR) is 241 cm³/mol. The fourth-order valence-electron chi connectivity index (χ4n) is 6.63. The van der Waals surface area contributed by atoms with Crippen molar-refractivity contribution in [2.45, 2.75) is 118 Å². The molecule has 1 aliphatic heterocycles. The molecule has 3 aromatic carbocycles. The summed E-state index contributed by atoms with van der Waals surface area (Å²) in [5.74, 6) is -2.03. The number of benzene rings is 3. The second-order valence-corrected chi connectivity index (χ2v) is 18.6. The average Bonchev–Trinajstić information content (AvgIpc) is 3.62. The number of nitro groups is 1. The van der Waals surface area contributed by atoms with Crippen LogP contribution in [0.4, 0.5) is 20.1 Å². The number of nitro benzene ring substituents is 1. The zero-order chi connectivity index (χ0) is 48.6. The van der Waals surface area contributed by atoms with Gasteiger partial charge in [-0.15, -0.1) is 0 Å². The molecule has 2 N–H and O–H groups in total. The third-order valence-electron chi connectivity index (χ3n) is 9.48. The monoisotopic (exact) mass is 908 g/mol. The summed E-state index contributed by atoms with van der Waals surface area (Å²) in [6.07, 6.45) is -3.11. The van der Waals surface area contributed by atoms with E-state index in [1.165, 1.54) is 48.5 Å². The number of hydrogen-bond acceptors (Lipinski definition) is 12. The molecule has 0 fully saturated rings. The van der Waals surface area contributed by atoms with E-state index in [1.54, 1.807) is 67.2 Å². The van der Waals surface area contributed by atoms with E-state index in [9.17, 15) is 38.9 Å². The number of ether oxygens (including phenoxy) is 4. The maximum Gasteiger partial charge on any atom is 0.436 e. The van der Waals surface area contributed by atoms with E-state index in [0.29, 0.717) is 22.6 Å². The molecule has 5 rings (SSSR count). The van der Waals surface area contributed by atoms with Gasteiger partial charge in [0.05, 0.1) is 11.3 Å². The fraction of sp³-hybridized carbons (Fsp3) is 0.396. The molecule has 66 heavy (non-hydrogen) atoms. The molecule has 18 heteroatoms. The first kappa shape index (κ1) is 49.6. The van der Waals surface area contributed by atoms with Crippen molar-refractivity contribution in [1.82, 2.24) is 20.1 Å². The summed E-state index contributed by atoms with van der Waals surface area (Å²) in [7, 11) is 0. The van der Waals surface area contributed by atoms with E-state index in [2.05, 4.69) is 15.3 Å². The number of non-ortho nitro benzene ring substituents is 1. The van der Waals surface area contributed by atoms with E-state index >= 15 is 0 Å². The number of carbonyl (C=O) groups excluding carboxylic acids is 6. The number of nitrogens with one attached hydrogen (secondary N) is 2. The summed E-state index contributed by atoms with van der Waals surface area (Å²) >= 11 is 0. The van der Waals surface area contributed by atoms with Crippen LogP contribution in [-0.4, -0.2) is 91.0 Å². The number of aromatic nitrogens is 1. The summed E-state index contributed by atoms with van der Waals surface area (Å²) in [4.78, 5) is 102. The molecule has 0 saturated carbocycles. The van der Waals surface area contributed by atoms with Crippen LogP contribution >= 0.6 is 0 Å². The Kier molecular flexibility index (Phi) is 15.5. The van der Waals surface area contributed by atoms with Crippen molar-refractivity contribution in [3.8, 4) is 0 Å². The number of rotatable bonds is 11. The van der Waals surface area contributed by atoms with Crippen LogP contribution in [0.15, 0.2) is 89.9 Å². The number of imide groups is 1. The molecule has 5 amide bonds. The topological polar surface area (TPSA) is 229 Å². The molecule has 4 aromatic rings. The molecule has 2 heterocycles. The van der Waals surface area contributed by atoms with Gasteiger partial charge in [0.1, 0.15) is 29.5 Å². The van der Waals surface area contributed by atoms with E-state index in [0.717, 1.165) is 16.8 Å². The first-order chi connectivity index (χ1) is 30.8. The lowest BCUT2D eigenvalue weighted by atomic mass is 10.0. The lowest BCUT2D eigenvalue weighted by Crippen LogP contribution is -2.50. The Morgan fingerprint density at radius 3 is 1.92 bits per heavy atom. The largest absolute Gasteiger partial charge is 0.461 e. The van der Waals surface area contributed by atoms with Gasteiger partial charge in [-0.1, -0.05) is 54.6 Å². The van der Waals surface area contributed by atoms with Gasteiger partial charge in [-0.25, -0.2) is 14.4 Å². The number of aliphatic imine (C=N–C) groups is 1. The molecule has 1 aliphatic rings. The quantitative estimate of drug-likeness (QED) is 0.0364. The molecular weight excluding hydrogens is 853 g/mol. The second kappa shape index (κ2) is 20.6. The molecule has 0 saturated heterocycles. The Hall–Kier alpha value is -7.37. The number of carbonyl (C=O) groups is 6. The van der Waals surface area contributed by atoms with Crippen molar-refractivity contribution < 1.29 is 52.6 Å². The Morgan fingerprint density at radius 1 is 0.788 bits per heavy atom. The molecule has 0 spiro atoms. The van der Waals surface area contributed by atoms with Gasteiger partial charge in [-0.05, 0) is 97.2 Å². The van der Waals surface area contributed by atoms with Crippen LogP contribution in [0, 0.1) is 10.1 Å². The normalized spacial score (nSPS) is 13.4. The number of esters is 1. The summed E-state index contributed by atoms with van der Waals surface area (Å²) in [5, 5.41) is 14.2. The van der Waals surface area contributed by atoms with Gasteiger partial charge in [-0.2, -0.15) is 9.89 Å². The van der Waals surface area contributed by atoms with E-state index in [1.807, 2.05) is 36.4 Å². The average molecular weight is 909 g/mol. The van der Waals surface area contributed by atoms with Crippen LogP contribution in [0.25, 0.3) is 0 Å². The summed E-state index contributed by atoms with van der Waals surface area (Å²) in [5.41, 5.74) is 0.450. The zero-order valence-corrected chi connectivity index (χ0v) is 38.6. The minimum atomic E-state index is -1.20. The summed E-state index contributed by atoms with van der Waals surface area (Å²) in [6, 6.07) is 21.0. The van der Waals surface area contributed by atoms with Crippen molar-refractivity contribution in [1.29, 1.82) is 0 Å². The first-order valence-electron chi connectivity index (χ1n) is 21.2. The van der Waals surface area contributed by atoms with Gasteiger partial charge in [0.25, 0.3) is 11.6 Å². The molecule has 18 nitrogen and oxygen atoms in total. The highest BCUT2D eigenvalue weighted by Crippen LogP contribution is 2.24. The van der Waals surface area contributed by atoms with Crippen LogP contribution in [0.1, 0.15) is 106 Å². The molecule has 0 aliphatic carbocycles. The minimum Gasteiger partial charge on any atom is -0.461 e. The third-order valence-corrected chi connectivity index (χ3v) is 9.48. The Morgan fingerprint density at radius 2 is 1.36 bits per heavy atom. The lowest BCUT2D eigenvalue weighted by Gasteiger charge is -2.31. The van der Waals surface area contributed by atoms with Crippen molar-refractivity contribution in [3.05, 3.63) is 134 Å². The maximum atomic E-state index is 14.4. The molecule has 350 valence electrons. The van der Waals surface area contributed by atoms with E-state index in [4.69, 9.17) is 18.9 Å². The molecule has 0 unspecified atom stereocenters. The van der Waals surface area contributed by atoms with Crippen LogP contribution in [-0.2, 0) is 61.0 Å². The highest BCUT2D eigenvalue weighted by Gasteiger charge is 2.37. The molecular formula is C48H56N6O12. The van der Waals surface area contributed by atoms with Crippen LogP contribution in [0.3, 0.4) is 0 Å².